The molecule has 4 aromatic rings. The average molecular weight is 942 g/mol. The molecule has 342 valence electrons. The first-order valence-corrected chi connectivity index (χ1v) is 28.4. The first-order valence-electron chi connectivity index (χ1n) is 21.8. The Morgan fingerprint density at radius 2 is 1.47 bits per heavy atom. The van der Waals surface area contributed by atoms with Gasteiger partial charge in [0.2, 0.25) is 5.91 Å². The molecule has 1 aliphatic heterocycles. The van der Waals surface area contributed by atoms with E-state index in [4.69, 9.17) is 19.2 Å². The third-order valence-electron chi connectivity index (χ3n) is 10.3. The number of thiazole rings is 1. The molecule has 64 heavy (non-hydrogen) atoms. The number of aromatic nitrogens is 1. The molecule has 1 amide bonds. The zero-order valence-electron chi connectivity index (χ0n) is 38.6. The third kappa shape index (κ3) is 14.5. The quantitative estimate of drug-likeness (QED) is 0.0215. The van der Waals surface area contributed by atoms with Crippen LogP contribution in [0.1, 0.15) is 81.8 Å². The van der Waals surface area contributed by atoms with Crippen molar-refractivity contribution in [3.8, 4) is 0 Å². The van der Waals surface area contributed by atoms with Gasteiger partial charge in [0.1, 0.15) is 39.0 Å². The molecule has 0 fully saturated rings. The lowest BCUT2D eigenvalue weighted by atomic mass is 9.84. The summed E-state index contributed by atoms with van der Waals surface area (Å²) in [6, 6.07) is 31.3. The van der Waals surface area contributed by atoms with Crippen LogP contribution in [0.4, 0.5) is 0 Å². The van der Waals surface area contributed by atoms with E-state index in [0.717, 1.165) is 22.7 Å². The number of carbonyl (C=O) groups excluding carboxylic acids is 4. The average Bonchev–Trinajstić information content (AvgIpc) is 3.88. The van der Waals surface area contributed by atoms with Crippen LogP contribution in [0.25, 0.3) is 0 Å². The van der Waals surface area contributed by atoms with E-state index >= 15 is 0 Å². The first kappa shape index (κ1) is 50.5. The highest BCUT2D eigenvalue weighted by Crippen LogP contribution is 2.48. The fourth-order valence-electron chi connectivity index (χ4n) is 6.89. The maximum atomic E-state index is 14.0. The summed E-state index contributed by atoms with van der Waals surface area (Å²) in [5.74, 6) is -1.19. The Balaban J connectivity index is 1.30. The molecule has 0 saturated carbocycles. The van der Waals surface area contributed by atoms with Crippen LogP contribution in [0, 0.1) is 5.92 Å². The molecule has 2 unspecified atom stereocenters. The summed E-state index contributed by atoms with van der Waals surface area (Å²) in [4.78, 5) is 62.9. The monoisotopic (exact) mass is 941 g/mol. The predicted molar refractivity (Wildman–Crippen MR) is 265 cm³/mol. The number of amides is 1. The molecule has 10 nitrogen and oxygen atoms in total. The minimum Gasteiger partial charge on any atom is -0.466 e. The highest BCUT2D eigenvalue weighted by Gasteiger charge is 2.42. The topological polar surface area (TPSA) is 133 Å². The van der Waals surface area contributed by atoms with Gasteiger partial charge < -0.3 is 19.5 Å². The van der Waals surface area contributed by atoms with Crippen molar-refractivity contribution in [2.45, 2.75) is 115 Å². The Bertz CT molecular complexity index is 2140. The number of ether oxygens (including phenoxy) is 3. The number of allylic oxidation sites excluding steroid dienone is 1. The van der Waals surface area contributed by atoms with E-state index in [1.807, 2.05) is 76.0 Å². The van der Waals surface area contributed by atoms with E-state index in [1.54, 1.807) is 13.0 Å². The highest BCUT2D eigenvalue weighted by atomic mass is 32.2. The molecule has 2 heterocycles. The molecule has 14 heteroatoms. The Labute approximate surface area is 392 Å². The molecule has 5 rings (SSSR count). The van der Waals surface area contributed by atoms with E-state index in [0.29, 0.717) is 40.3 Å². The summed E-state index contributed by atoms with van der Waals surface area (Å²) in [5.41, 5.74) is 2.28. The molecule has 0 spiro atoms. The smallest absolute Gasteiger partial charge is 0.329 e. The number of carbonyl (C=O) groups is 4. The fourth-order valence-corrected chi connectivity index (χ4v) is 11.0. The van der Waals surface area contributed by atoms with Crippen LogP contribution in [0.5, 0.6) is 0 Å². The van der Waals surface area contributed by atoms with Gasteiger partial charge in [0.25, 0.3) is 0 Å². The normalized spacial score (nSPS) is 16.6. The van der Waals surface area contributed by atoms with Crippen LogP contribution >= 0.6 is 34.9 Å². The Hall–Kier alpha value is -4.50. The number of esters is 3. The number of benzene rings is 3. The Kier molecular flexibility index (Phi) is 17.8. The van der Waals surface area contributed by atoms with Crippen molar-refractivity contribution < 1.29 is 33.4 Å². The van der Waals surface area contributed by atoms with Crippen LogP contribution in [0.2, 0.25) is 25.7 Å². The van der Waals surface area contributed by atoms with Gasteiger partial charge in [-0.1, -0.05) is 131 Å². The van der Waals surface area contributed by atoms with Crippen LogP contribution in [0.3, 0.4) is 0 Å². The molecule has 1 aliphatic rings. The van der Waals surface area contributed by atoms with Crippen molar-refractivity contribution in [3.63, 3.8) is 0 Å². The van der Waals surface area contributed by atoms with Crippen molar-refractivity contribution in [1.29, 1.82) is 0 Å². The van der Waals surface area contributed by atoms with Gasteiger partial charge in [0.05, 0.1) is 24.2 Å². The largest absolute Gasteiger partial charge is 0.466 e. The number of thioether (sulfide) groups is 2. The van der Waals surface area contributed by atoms with Crippen molar-refractivity contribution >= 4 is 71.8 Å². The molecule has 3 aromatic carbocycles. The van der Waals surface area contributed by atoms with Crippen molar-refractivity contribution in [3.05, 3.63) is 136 Å². The van der Waals surface area contributed by atoms with Crippen molar-refractivity contribution in [1.82, 2.24) is 10.3 Å². The highest BCUT2D eigenvalue weighted by molar-refractivity contribution is 8.14. The molecule has 0 saturated heterocycles. The minimum absolute atomic E-state index is 0.0403. The van der Waals surface area contributed by atoms with Gasteiger partial charge in [-0.3, -0.25) is 19.4 Å². The van der Waals surface area contributed by atoms with E-state index in [9.17, 15) is 19.2 Å². The summed E-state index contributed by atoms with van der Waals surface area (Å²) in [7, 11) is -1.46. The Morgan fingerprint density at radius 3 is 2.00 bits per heavy atom. The number of hydrogen-bond acceptors (Lipinski definition) is 12. The number of rotatable bonds is 21. The standard InChI is InChI=1S/C50H63N3O7S3Si/c1-35(2)44(52-47(57)49(6)34-62-45(53-49)40-33-61-41(51-40)32-43(55)60-48(3,4)5)46(56)59-39(31-42(54)58-28-30-64(7,8)9)27-19-20-29-63-50(36-21-13-10-14-22-36,37-23-15-11-16-24-37)38-25-17-12-18-26-38/h10-19,21-27,33,35,39,44H,20,28-32,34H2,1-9H3,(H,52,57)/b27-19+/t39-,44?,49?/m1/s1. The number of aliphatic imine (C=N–C) groups is 1. The van der Waals surface area contributed by atoms with Gasteiger partial charge in [0.15, 0.2) is 0 Å². The molecule has 0 aliphatic carbocycles. The summed E-state index contributed by atoms with van der Waals surface area (Å²) in [6.45, 7) is 17.8. The molecule has 1 N–H and O–H groups in total. The van der Waals surface area contributed by atoms with Crippen LogP contribution in [-0.2, 0) is 44.6 Å². The second kappa shape index (κ2) is 22.6. The van der Waals surface area contributed by atoms with Crippen LogP contribution in [0.15, 0.2) is 114 Å². The van der Waals surface area contributed by atoms with Gasteiger partial charge in [-0.15, -0.1) is 34.9 Å². The minimum atomic E-state index is -1.46. The Morgan fingerprint density at radius 1 is 0.891 bits per heavy atom. The first-order chi connectivity index (χ1) is 30.3. The number of nitrogens with zero attached hydrogens (tertiary/aromatic N) is 2. The zero-order chi connectivity index (χ0) is 46.5. The summed E-state index contributed by atoms with van der Waals surface area (Å²) in [5, 5.41) is 5.91. The summed E-state index contributed by atoms with van der Waals surface area (Å²) >= 11 is 4.55. The van der Waals surface area contributed by atoms with Crippen molar-refractivity contribution in [2.75, 3.05) is 18.1 Å². The molecule has 1 aromatic heterocycles. The lowest BCUT2D eigenvalue weighted by Crippen LogP contribution is -2.53. The fraction of sp³-hybridized carbons (Fsp3) is 0.440. The van der Waals surface area contributed by atoms with Gasteiger partial charge >= 0.3 is 17.9 Å². The molecule has 0 radical (unpaired) electrons. The lowest BCUT2D eigenvalue weighted by Gasteiger charge is -2.35. The summed E-state index contributed by atoms with van der Waals surface area (Å²) in [6.07, 6.45) is 3.31. The van der Waals surface area contributed by atoms with E-state index in [1.165, 1.54) is 23.1 Å². The zero-order valence-corrected chi connectivity index (χ0v) is 42.0. The number of nitrogens with one attached hydrogen (secondary N) is 1. The van der Waals surface area contributed by atoms with Crippen LogP contribution in [-0.4, -0.2) is 83.3 Å². The van der Waals surface area contributed by atoms with E-state index < -0.39 is 54.0 Å². The predicted octanol–water partition coefficient (Wildman–Crippen LogP) is 10.3. The second-order valence-electron chi connectivity index (χ2n) is 18.6. The second-order valence-corrected chi connectivity index (χ2v) is 27.5. The lowest BCUT2D eigenvalue weighted by molar-refractivity contribution is -0.157. The maximum absolute atomic E-state index is 14.0. The van der Waals surface area contributed by atoms with Gasteiger partial charge in [-0.25, -0.2) is 9.78 Å². The molecule has 3 atom stereocenters. The number of hydrogen-bond donors (Lipinski definition) is 1. The maximum Gasteiger partial charge on any atom is 0.329 e. The van der Waals surface area contributed by atoms with Gasteiger partial charge in [-0.05, 0) is 74.6 Å². The SMILES string of the molecule is CC(C)C(NC(=O)C1(C)CSC(c2csc(CC(=O)OC(C)(C)C)n2)=N1)C(=O)O[C@H](/C=C/CCSC(c1ccccc1)(c1ccccc1)c1ccccc1)CC(=O)OCC[Si](C)(C)C. The van der Waals surface area contributed by atoms with Gasteiger partial charge in [0, 0.05) is 19.2 Å². The molecular formula is C50H63N3O7S3Si. The molecular weight excluding hydrogens is 879 g/mol. The van der Waals surface area contributed by atoms with E-state index in [2.05, 4.69) is 103 Å². The van der Waals surface area contributed by atoms with Gasteiger partial charge in [-0.2, -0.15) is 0 Å². The van der Waals surface area contributed by atoms with E-state index in [-0.39, 0.29) is 24.7 Å². The summed E-state index contributed by atoms with van der Waals surface area (Å²) < 4.78 is 16.7. The third-order valence-corrected chi connectivity index (χ3v) is 15.7. The molecule has 0 bridgehead atoms. The van der Waals surface area contributed by atoms with Crippen molar-refractivity contribution in [2.24, 2.45) is 10.9 Å². The van der Waals surface area contributed by atoms with Crippen LogP contribution < -0.4 is 5.32 Å².